The number of hydrogen-bond acceptors (Lipinski definition) is 6. The zero-order valence-electron chi connectivity index (χ0n) is 23.0. The van der Waals surface area contributed by atoms with Crippen LogP contribution in [-0.4, -0.2) is 35.1 Å². The highest BCUT2D eigenvalue weighted by molar-refractivity contribution is 8.00. The lowest BCUT2D eigenvalue weighted by molar-refractivity contribution is -0.116. The van der Waals surface area contributed by atoms with Gasteiger partial charge in [0, 0.05) is 33.6 Å². The molecular formula is C32H29ClN4O4S. The number of pyridine rings is 1. The van der Waals surface area contributed by atoms with Crippen LogP contribution in [0.2, 0.25) is 5.02 Å². The van der Waals surface area contributed by atoms with E-state index in [1.165, 1.54) is 18.9 Å². The highest BCUT2D eigenvalue weighted by Gasteiger charge is 2.21. The molecule has 0 aliphatic carbocycles. The number of nitrogens with one attached hydrogen (secondary N) is 3. The molecule has 42 heavy (non-hydrogen) atoms. The quantitative estimate of drug-likeness (QED) is 0.131. The molecule has 0 radical (unpaired) electrons. The number of rotatable bonds is 11. The number of benzene rings is 3. The van der Waals surface area contributed by atoms with Crippen molar-refractivity contribution in [2.24, 2.45) is 0 Å². The fourth-order valence-electron chi connectivity index (χ4n) is 3.89. The molecule has 0 saturated heterocycles. The SMILES string of the molecule is CCC(Sc1cccc(NC(=O)/C(=C/c2cccnc2)NC(=O)c2ccccc2)c1)C(=O)Nc1cc(Cl)ccc1OC. The van der Waals surface area contributed by atoms with Crippen molar-refractivity contribution in [3.63, 3.8) is 0 Å². The minimum atomic E-state index is -0.511. The number of thioether (sulfide) groups is 1. The molecule has 3 N–H and O–H groups in total. The Bertz CT molecular complexity index is 1580. The van der Waals surface area contributed by atoms with Crippen LogP contribution in [0.5, 0.6) is 5.75 Å². The third-order valence-electron chi connectivity index (χ3n) is 5.98. The Hall–Kier alpha value is -4.60. The predicted octanol–water partition coefficient (Wildman–Crippen LogP) is 6.66. The standard InChI is InChI=1S/C32H29ClN4O4S/c1-3-29(32(40)36-26-18-23(33)14-15-28(26)41-2)42-25-13-7-12-24(19-25)35-31(39)27(17-21-9-8-16-34-20-21)37-30(38)22-10-5-4-6-11-22/h4-20,29H,3H2,1-2H3,(H,35,39)(H,36,40)(H,37,38)/b27-17-. The molecule has 0 bridgehead atoms. The summed E-state index contributed by atoms with van der Waals surface area (Å²) < 4.78 is 5.34. The fraction of sp³-hybridized carbons (Fsp3) is 0.125. The summed E-state index contributed by atoms with van der Waals surface area (Å²) in [5.41, 5.74) is 2.10. The van der Waals surface area contributed by atoms with Crippen LogP contribution >= 0.6 is 23.4 Å². The van der Waals surface area contributed by atoms with Crippen molar-refractivity contribution in [2.45, 2.75) is 23.5 Å². The molecule has 0 aliphatic rings. The lowest BCUT2D eigenvalue weighted by Gasteiger charge is -2.17. The van der Waals surface area contributed by atoms with Gasteiger partial charge >= 0.3 is 0 Å². The second-order valence-corrected chi connectivity index (χ2v) is 10.7. The van der Waals surface area contributed by atoms with E-state index in [-0.39, 0.29) is 11.6 Å². The largest absolute Gasteiger partial charge is 0.495 e. The normalized spacial score (nSPS) is 11.7. The fourth-order valence-corrected chi connectivity index (χ4v) is 5.08. The maximum absolute atomic E-state index is 13.4. The van der Waals surface area contributed by atoms with Gasteiger partial charge in [0.1, 0.15) is 11.4 Å². The van der Waals surface area contributed by atoms with Crippen molar-refractivity contribution < 1.29 is 19.1 Å². The van der Waals surface area contributed by atoms with Crippen LogP contribution in [0.3, 0.4) is 0 Å². The molecule has 4 rings (SSSR count). The van der Waals surface area contributed by atoms with Crippen molar-refractivity contribution in [3.05, 3.63) is 119 Å². The van der Waals surface area contributed by atoms with E-state index in [9.17, 15) is 14.4 Å². The van der Waals surface area contributed by atoms with E-state index in [1.807, 2.05) is 19.1 Å². The van der Waals surface area contributed by atoms with Gasteiger partial charge in [-0.25, -0.2) is 0 Å². The van der Waals surface area contributed by atoms with Gasteiger partial charge in [-0.1, -0.05) is 48.9 Å². The second-order valence-electron chi connectivity index (χ2n) is 9.00. The molecular weight excluding hydrogens is 572 g/mol. The Morgan fingerprint density at radius 2 is 1.79 bits per heavy atom. The average molecular weight is 601 g/mol. The van der Waals surface area contributed by atoms with Gasteiger partial charge in [0.25, 0.3) is 11.8 Å². The van der Waals surface area contributed by atoms with E-state index in [0.29, 0.717) is 39.7 Å². The predicted molar refractivity (Wildman–Crippen MR) is 168 cm³/mol. The summed E-state index contributed by atoms with van der Waals surface area (Å²) in [7, 11) is 1.52. The average Bonchev–Trinajstić information content (AvgIpc) is 3.00. The summed E-state index contributed by atoms with van der Waals surface area (Å²) in [5.74, 6) is -0.629. The zero-order valence-corrected chi connectivity index (χ0v) is 24.5. The molecule has 1 unspecified atom stereocenters. The molecule has 4 aromatic rings. The van der Waals surface area contributed by atoms with Crippen molar-refractivity contribution in [1.82, 2.24) is 10.3 Å². The molecule has 1 heterocycles. The van der Waals surface area contributed by atoms with Gasteiger partial charge in [-0.2, -0.15) is 0 Å². The van der Waals surface area contributed by atoms with Gasteiger partial charge in [-0.15, -0.1) is 11.8 Å². The topological polar surface area (TPSA) is 109 Å². The number of nitrogens with zero attached hydrogens (tertiary/aromatic N) is 1. The highest BCUT2D eigenvalue weighted by Crippen LogP contribution is 2.31. The first-order chi connectivity index (χ1) is 20.4. The molecule has 0 aliphatic heterocycles. The molecule has 3 aromatic carbocycles. The number of ether oxygens (including phenoxy) is 1. The Labute approximate surface area is 253 Å². The smallest absolute Gasteiger partial charge is 0.272 e. The summed E-state index contributed by atoms with van der Waals surface area (Å²) in [5, 5.41) is 8.52. The third-order valence-corrected chi connectivity index (χ3v) is 7.57. The lowest BCUT2D eigenvalue weighted by Crippen LogP contribution is -2.30. The van der Waals surface area contributed by atoms with E-state index in [0.717, 1.165) is 4.90 Å². The lowest BCUT2D eigenvalue weighted by atomic mass is 10.2. The van der Waals surface area contributed by atoms with Crippen LogP contribution in [0.1, 0.15) is 29.3 Å². The van der Waals surface area contributed by atoms with E-state index >= 15 is 0 Å². The number of halogens is 1. The second kappa shape index (κ2) is 14.9. The highest BCUT2D eigenvalue weighted by atomic mass is 35.5. The third kappa shape index (κ3) is 8.45. The van der Waals surface area contributed by atoms with Gasteiger partial charge in [0.15, 0.2) is 0 Å². The maximum Gasteiger partial charge on any atom is 0.272 e. The van der Waals surface area contributed by atoms with Gasteiger partial charge < -0.3 is 20.7 Å². The Morgan fingerprint density at radius 3 is 2.50 bits per heavy atom. The number of carbonyl (C=O) groups is 3. The minimum Gasteiger partial charge on any atom is -0.495 e. The summed E-state index contributed by atoms with van der Waals surface area (Å²) in [6, 6.07) is 24.3. The van der Waals surface area contributed by atoms with Gasteiger partial charge in [-0.05, 0) is 72.7 Å². The Morgan fingerprint density at radius 1 is 0.976 bits per heavy atom. The first-order valence-corrected chi connectivity index (χ1v) is 14.3. The number of anilines is 2. The Kier molecular flexibility index (Phi) is 10.7. The number of carbonyl (C=O) groups excluding carboxylic acids is 3. The van der Waals surface area contributed by atoms with Gasteiger partial charge in [0.2, 0.25) is 5.91 Å². The number of methoxy groups -OCH3 is 1. The van der Waals surface area contributed by atoms with Gasteiger partial charge in [0.05, 0.1) is 18.0 Å². The zero-order chi connectivity index (χ0) is 29.9. The molecule has 1 aromatic heterocycles. The summed E-state index contributed by atoms with van der Waals surface area (Å²) >= 11 is 7.47. The summed E-state index contributed by atoms with van der Waals surface area (Å²) in [6.45, 7) is 1.92. The van der Waals surface area contributed by atoms with Crippen LogP contribution in [-0.2, 0) is 9.59 Å². The Balaban J connectivity index is 1.49. The molecule has 3 amide bonds. The van der Waals surface area contributed by atoms with Crippen molar-refractivity contribution >= 4 is 58.5 Å². The molecule has 1 atom stereocenters. The molecule has 10 heteroatoms. The van der Waals surface area contributed by atoms with Crippen LogP contribution in [0, 0.1) is 0 Å². The monoisotopic (exact) mass is 600 g/mol. The molecule has 0 saturated carbocycles. The molecule has 214 valence electrons. The minimum absolute atomic E-state index is 0.0520. The number of aromatic nitrogens is 1. The van der Waals surface area contributed by atoms with E-state index in [2.05, 4.69) is 20.9 Å². The van der Waals surface area contributed by atoms with Crippen LogP contribution in [0.25, 0.3) is 6.08 Å². The maximum atomic E-state index is 13.4. The van der Waals surface area contributed by atoms with E-state index in [4.69, 9.17) is 16.3 Å². The molecule has 0 spiro atoms. The van der Waals surface area contributed by atoms with E-state index in [1.54, 1.807) is 91.3 Å². The molecule has 8 nitrogen and oxygen atoms in total. The number of hydrogen-bond donors (Lipinski definition) is 3. The summed E-state index contributed by atoms with van der Waals surface area (Å²) in [4.78, 5) is 44.2. The van der Waals surface area contributed by atoms with Crippen LogP contribution in [0.15, 0.2) is 108 Å². The van der Waals surface area contributed by atoms with E-state index < -0.39 is 17.1 Å². The van der Waals surface area contributed by atoms with Crippen molar-refractivity contribution in [1.29, 1.82) is 0 Å². The first kappa shape index (κ1) is 30.4. The van der Waals surface area contributed by atoms with Gasteiger partial charge in [-0.3, -0.25) is 19.4 Å². The molecule has 0 fully saturated rings. The van der Waals surface area contributed by atoms with Crippen LogP contribution in [0.4, 0.5) is 11.4 Å². The van der Waals surface area contributed by atoms with Crippen molar-refractivity contribution in [3.8, 4) is 5.75 Å². The summed E-state index contributed by atoms with van der Waals surface area (Å²) in [6.07, 6.45) is 5.33. The van der Waals surface area contributed by atoms with Crippen molar-refractivity contribution in [2.75, 3.05) is 17.7 Å². The first-order valence-electron chi connectivity index (χ1n) is 13.1. The van der Waals surface area contributed by atoms with Crippen LogP contribution < -0.4 is 20.7 Å². The number of amides is 3.